The van der Waals surface area contributed by atoms with Gasteiger partial charge in [-0.15, -0.1) is 0 Å². The van der Waals surface area contributed by atoms with Gasteiger partial charge in [-0.2, -0.15) is 0 Å². The van der Waals surface area contributed by atoms with Gasteiger partial charge in [0.05, 0.1) is 7.11 Å². The number of carbonyl (C=O) groups is 2. The van der Waals surface area contributed by atoms with Gasteiger partial charge in [-0.3, -0.25) is 4.79 Å². The summed E-state index contributed by atoms with van der Waals surface area (Å²) in [6, 6.07) is -0.520. The molecule has 4 nitrogen and oxygen atoms in total. The molecule has 0 saturated carbocycles. The zero-order valence-corrected chi connectivity index (χ0v) is 11.4. The Morgan fingerprint density at radius 2 is 2.17 bits per heavy atom. The molecule has 0 aromatic carbocycles. The highest BCUT2D eigenvalue weighted by Gasteiger charge is 2.23. The molecule has 0 spiro atoms. The highest BCUT2D eigenvalue weighted by atomic mass is 16.5. The molecular formula is C14H23NO3. The third-order valence-electron chi connectivity index (χ3n) is 3.09. The quantitative estimate of drug-likeness (QED) is 0.582. The smallest absolute Gasteiger partial charge is 0.328 e. The summed E-state index contributed by atoms with van der Waals surface area (Å²) in [5.74, 6) is 0.227. The minimum Gasteiger partial charge on any atom is -0.467 e. The Hall–Kier alpha value is -1.32. The average Bonchev–Trinajstić information content (AvgIpc) is 2.79. The molecule has 18 heavy (non-hydrogen) atoms. The summed E-state index contributed by atoms with van der Waals surface area (Å²) in [6.07, 6.45) is 7.32. The van der Waals surface area contributed by atoms with E-state index in [4.69, 9.17) is 4.74 Å². The van der Waals surface area contributed by atoms with Gasteiger partial charge in [0.25, 0.3) is 0 Å². The number of carbonyl (C=O) groups excluding carboxylic acids is 2. The van der Waals surface area contributed by atoms with E-state index < -0.39 is 6.04 Å². The van der Waals surface area contributed by atoms with Crippen LogP contribution in [0.1, 0.15) is 39.5 Å². The second kappa shape index (κ2) is 7.19. The number of rotatable bonds is 6. The minimum absolute atomic E-state index is 0.0670. The number of amides is 1. The van der Waals surface area contributed by atoms with Gasteiger partial charge in [-0.1, -0.05) is 26.0 Å². The fraction of sp³-hybridized carbons (Fsp3) is 0.714. The Labute approximate surface area is 109 Å². The van der Waals surface area contributed by atoms with E-state index in [1.807, 2.05) is 13.8 Å². The number of hydrogen-bond donors (Lipinski definition) is 1. The van der Waals surface area contributed by atoms with Crippen LogP contribution < -0.4 is 5.32 Å². The van der Waals surface area contributed by atoms with Gasteiger partial charge in [0.1, 0.15) is 6.04 Å². The molecular weight excluding hydrogens is 230 g/mol. The second-order valence-corrected chi connectivity index (χ2v) is 5.24. The number of ether oxygens (including phenoxy) is 1. The van der Waals surface area contributed by atoms with Crippen LogP contribution in [0.5, 0.6) is 0 Å². The van der Waals surface area contributed by atoms with Gasteiger partial charge in [-0.25, -0.2) is 4.79 Å². The monoisotopic (exact) mass is 253 g/mol. The first-order chi connectivity index (χ1) is 8.52. The lowest BCUT2D eigenvalue weighted by atomic mass is 10.0. The number of esters is 1. The SMILES string of the molecule is COC(=O)C(CC(C)C)NC(=O)CC1C=CCC1. The Balaban J connectivity index is 2.45. The predicted molar refractivity (Wildman–Crippen MR) is 69.9 cm³/mol. The molecule has 1 aliphatic carbocycles. The molecule has 1 rings (SSSR count). The minimum atomic E-state index is -0.520. The largest absolute Gasteiger partial charge is 0.467 e. The van der Waals surface area contributed by atoms with E-state index in [0.717, 1.165) is 12.8 Å². The number of methoxy groups -OCH3 is 1. The van der Waals surface area contributed by atoms with E-state index in [0.29, 0.717) is 24.7 Å². The molecule has 102 valence electrons. The van der Waals surface area contributed by atoms with Crippen molar-refractivity contribution < 1.29 is 14.3 Å². The van der Waals surface area contributed by atoms with Gasteiger partial charge in [0.15, 0.2) is 0 Å². The molecule has 0 aromatic heterocycles. The van der Waals surface area contributed by atoms with Crippen LogP contribution in [0.25, 0.3) is 0 Å². The van der Waals surface area contributed by atoms with Crippen molar-refractivity contribution in [2.75, 3.05) is 7.11 Å². The van der Waals surface area contributed by atoms with E-state index in [-0.39, 0.29) is 11.9 Å². The maximum absolute atomic E-state index is 11.9. The molecule has 0 fully saturated rings. The van der Waals surface area contributed by atoms with Gasteiger partial charge < -0.3 is 10.1 Å². The summed E-state index contributed by atoms with van der Waals surface area (Å²) in [6.45, 7) is 4.03. The summed E-state index contributed by atoms with van der Waals surface area (Å²) < 4.78 is 4.72. The zero-order chi connectivity index (χ0) is 13.5. The van der Waals surface area contributed by atoms with E-state index in [2.05, 4.69) is 17.5 Å². The molecule has 0 heterocycles. The average molecular weight is 253 g/mol. The molecule has 2 atom stereocenters. The van der Waals surface area contributed by atoms with E-state index in [1.165, 1.54) is 7.11 Å². The summed E-state index contributed by atoms with van der Waals surface area (Å²) in [5, 5.41) is 2.78. The number of nitrogens with one attached hydrogen (secondary N) is 1. The second-order valence-electron chi connectivity index (χ2n) is 5.24. The van der Waals surface area contributed by atoms with Crippen LogP contribution in [-0.4, -0.2) is 25.0 Å². The van der Waals surface area contributed by atoms with Crippen molar-refractivity contribution in [1.29, 1.82) is 0 Å². The molecule has 0 saturated heterocycles. The Morgan fingerprint density at radius 3 is 2.67 bits per heavy atom. The Morgan fingerprint density at radius 1 is 1.44 bits per heavy atom. The molecule has 4 heteroatoms. The molecule has 1 N–H and O–H groups in total. The molecule has 1 aliphatic rings. The van der Waals surface area contributed by atoms with Gasteiger partial charge in [0.2, 0.25) is 5.91 Å². The fourth-order valence-electron chi connectivity index (χ4n) is 2.18. The Bertz CT molecular complexity index is 323. The number of hydrogen-bond acceptors (Lipinski definition) is 3. The van der Waals surface area contributed by atoms with Crippen LogP contribution in [0.15, 0.2) is 12.2 Å². The van der Waals surface area contributed by atoms with Crippen molar-refractivity contribution in [2.24, 2.45) is 11.8 Å². The summed E-state index contributed by atoms with van der Waals surface area (Å²) in [7, 11) is 1.35. The van der Waals surface area contributed by atoms with Crippen molar-refractivity contribution in [2.45, 2.75) is 45.6 Å². The van der Waals surface area contributed by atoms with Gasteiger partial charge >= 0.3 is 5.97 Å². The first-order valence-electron chi connectivity index (χ1n) is 6.56. The van der Waals surface area contributed by atoms with E-state index in [1.54, 1.807) is 0 Å². The normalized spacial score (nSPS) is 19.9. The first kappa shape index (κ1) is 14.7. The predicted octanol–water partition coefficient (Wildman–Crippen LogP) is 2.05. The molecule has 1 amide bonds. The maximum Gasteiger partial charge on any atom is 0.328 e. The zero-order valence-electron chi connectivity index (χ0n) is 11.4. The Kier molecular flexibility index (Phi) is 5.89. The van der Waals surface area contributed by atoms with Crippen LogP contribution in [0.4, 0.5) is 0 Å². The summed E-state index contributed by atoms with van der Waals surface area (Å²) in [4.78, 5) is 23.4. The molecule has 0 bridgehead atoms. The maximum atomic E-state index is 11.9. The molecule has 0 aromatic rings. The number of allylic oxidation sites excluding steroid dienone is 2. The standard InChI is InChI=1S/C14H23NO3/c1-10(2)8-12(14(17)18-3)15-13(16)9-11-6-4-5-7-11/h4,6,10-12H,5,7-9H2,1-3H3,(H,15,16). The van der Waals surface area contributed by atoms with Gasteiger partial charge in [0, 0.05) is 6.42 Å². The molecule has 0 radical (unpaired) electrons. The molecule has 2 unspecified atom stereocenters. The van der Waals surface area contributed by atoms with E-state index >= 15 is 0 Å². The lowest BCUT2D eigenvalue weighted by Crippen LogP contribution is -2.42. The van der Waals surface area contributed by atoms with Crippen molar-refractivity contribution in [3.63, 3.8) is 0 Å². The highest BCUT2D eigenvalue weighted by molar-refractivity contribution is 5.84. The highest BCUT2D eigenvalue weighted by Crippen LogP contribution is 2.20. The van der Waals surface area contributed by atoms with E-state index in [9.17, 15) is 9.59 Å². The topological polar surface area (TPSA) is 55.4 Å². The van der Waals surface area contributed by atoms with Crippen LogP contribution in [0.3, 0.4) is 0 Å². The summed E-state index contributed by atoms with van der Waals surface area (Å²) >= 11 is 0. The van der Waals surface area contributed by atoms with Crippen LogP contribution in [-0.2, 0) is 14.3 Å². The first-order valence-corrected chi connectivity index (χ1v) is 6.56. The van der Waals surface area contributed by atoms with Crippen LogP contribution in [0, 0.1) is 11.8 Å². The van der Waals surface area contributed by atoms with Crippen molar-refractivity contribution in [3.05, 3.63) is 12.2 Å². The molecule has 0 aliphatic heterocycles. The lowest BCUT2D eigenvalue weighted by Gasteiger charge is -2.19. The van der Waals surface area contributed by atoms with Crippen molar-refractivity contribution >= 4 is 11.9 Å². The van der Waals surface area contributed by atoms with Crippen molar-refractivity contribution in [3.8, 4) is 0 Å². The van der Waals surface area contributed by atoms with Gasteiger partial charge in [-0.05, 0) is 31.1 Å². The third kappa shape index (κ3) is 4.90. The third-order valence-corrected chi connectivity index (χ3v) is 3.09. The van der Waals surface area contributed by atoms with Crippen LogP contribution in [0.2, 0.25) is 0 Å². The lowest BCUT2D eigenvalue weighted by molar-refractivity contribution is -0.145. The summed E-state index contributed by atoms with van der Waals surface area (Å²) in [5.41, 5.74) is 0. The fourth-order valence-corrected chi connectivity index (χ4v) is 2.18. The van der Waals surface area contributed by atoms with Crippen molar-refractivity contribution in [1.82, 2.24) is 5.32 Å². The van der Waals surface area contributed by atoms with Crippen LogP contribution >= 0.6 is 0 Å².